The second-order valence-electron chi connectivity index (χ2n) is 4.58. The number of aliphatic hydroxyl groups is 1. The molecule has 0 aliphatic carbocycles. The van der Waals surface area contributed by atoms with Gasteiger partial charge in [0.25, 0.3) is 0 Å². The molecule has 1 heterocycles. The molecule has 4 heteroatoms. The first-order valence-corrected chi connectivity index (χ1v) is 6.24. The number of nitrogens with one attached hydrogen (secondary N) is 1. The predicted molar refractivity (Wildman–Crippen MR) is 62.1 cm³/mol. The first-order chi connectivity index (χ1) is 7.74. The van der Waals surface area contributed by atoms with Crippen LogP contribution in [0.1, 0.15) is 39.0 Å². The Balaban J connectivity index is 2.05. The number of aliphatic hydroxyl groups excluding tert-OH is 1. The molecule has 0 aromatic rings. The molecule has 4 nitrogen and oxygen atoms in total. The maximum atomic E-state index is 11.6. The second-order valence-corrected chi connectivity index (χ2v) is 4.58. The molecule has 1 amide bonds. The van der Waals surface area contributed by atoms with Crippen LogP contribution >= 0.6 is 0 Å². The Morgan fingerprint density at radius 2 is 2.38 bits per heavy atom. The summed E-state index contributed by atoms with van der Waals surface area (Å²) >= 11 is 0. The number of hydrogen-bond donors (Lipinski definition) is 2. The van der Waals surface area contributed by atoms with Crippen LogP contribution in [0.5, 0.6) is 0 Å². The Hall–Kier alpha value is -0.610. The predicted octanol–water partition coefficient (Wildman–Crippen LogP) is 1.08. The molecule has 0 radical (unpaired) electrons. The molecule has 2 atom stereocenters. The highest BCUT2D eigenvalue weighted by molar-refractivity contribution is 5.80. The van der Waals surface area contributed by atoms with Crippen LogP contribution < -0.4 is 5.32 Å². The zero-order valence-electron chi connectivity index (χ0n) is 10.1. The van der Waals surface area contributed by atoms with Crippen molar-refractivity contribution in [3.8, 4) is 0 Å². The number of carbonyl (C=O) groups is 1. The third-order valence-electron chi connectivity index (χ3n) is 2.96. The molecule has 1 fully saturated rings. The maximum Gasteiger partial charge on any atom is 0.249 e. The van der Waals surface area contributed by atoms with Crippen molar-refractivity contribution < 1.29 is 14.6 Å². The van der Waals surface area contributed by atoms with E-state index in [1.807, 2.05) is 6.92 Å². The Morgan fingerprint density at radius 3 is 3.00 bits per heavy atom. The maximum absolute atomic E-state index is 11.6. The Kier molecular flexibility index (Phi) is 6.42. The van der Waals surface area contributed by atoms with Crippen molar-refractivity contribution in [2.24, 2.45) is 5.92 Å². The van der Waals surface area contributed by atoms with Gasteiger partial charge >= 0.3 is 0 Å². The summed E-state index contributed by atoms with van der Waals surface area (Å²) in [6, 6.07) is 0. The molecular formula is C12H23NO3. The summed E-state index contributed by atoms with van der Waals surface area (Å²) in [5, 5.41) is 11.7. The zero-order valence-corrected chi connectivity index (χ0v) is 10.1. The van der Waals surface area contributed by atoms with E-state index >= 15 is 0 Å². The number of ether oxygens (including phenoxy) is 1. The Labute approximate surface area is 97.4 Å². The minimum Gasteiger partial charge on any atom is -0.396 e. The molecule has 2 unspecified atom stereocenters. The monoisotopic (exact) mass is 229 g/mol. The van der Waals surface area contributed by atoms with E-state index in [-0.39, 0.29) is 18.6 Å². The van der Waals surface area contributed by atoms with Crippen molar-refractivity contribution in [2.45, 2.75) is 45.1 Å². The van der Waals surface area contributed by atoms with E-state index in [0.717, 1.165) is 32.1 Å². The molecule has 1 rings (SSSR count). The third-order valence-corrected chi connectivity index (χ3v) is 2.96. The van der Waals surface area contributed by atoms with Crippen LogP contribution in [0, 0.1) is 5.92 Å². The summed E-state index contributed by atoms with van der Waals surface area (Å²) in [6.07, 6.45) is 4.63. The highest BCUT2D eigenvalue weighted by Crippen LogP contribution is 2.12. The van der Waals surface area contributed by atoms with Gasteiger partial charge in [0, 0.05) is 19.8 Å². The fourth-order valence-electron chi connectivity index (χ4n) is 1.81. The van der Waals surface area contributed by atoms with Gasteiger partial charge in [-0.05, 0) is 38.0 Å². The van der Waals surface area contributed by atoms with Gasteiger partial charge in [-0.2, -0.15) is 0 Å². The zero-order chi connectivity index (χ0) is 11.8. The molecule has 0 spiro atoms. The Morgan fingerprint density at radius 1 is 1.56 bits per heavy atom. The van der Waals surface area contributed by atoms with E-state index < -0.39 is 0 Å². The van der Waals surface area contributed by atoms with E-state index in [4.69, 9.17) is 9.84 Å². The Bertz CT molecular complexity index is 202. The number of amides is 1. The summed E-state index contributed by atoms with van der Waals surface area (Å²) in [4.78, 5) is 11.6. The molecule has 1 aliphatic rings. The van der Waals surface area contributed by atoms with Gasteiger partial charge in [-0.3, -0.25) is 4.79 Å². The molecule has 1 saturated heterocycles. The van der Waals surface area contributed by atoms with Crippen molar-refractivity contribution in [3.63, 3.8) is 0 Å². The van der Waals surface area contributed by atoms with Crippen molar-refractivity contribution in [1.82, 2.24) is 5.32 Å². The lowest BCUT2D eigenvalue weighted by molar-refractivity contribution is -0.135. The second kappa shape index (κ2) is 7.63. The molecule has 0 aromatic carbocycles. The molecule has 0 bridgehead atoms. The fourth-order valence-corrected chi connectivity index (χ4v) is 1.81. The normalized spacial score (nSPS) is 22.8. The summed E-state index contributed by atoms with van der Waals surface area (Å²) in [6.45, 7) is 3.62. The van der Waals surface area contributed by atoms with E-state index in [2.05, 4.69) is 5.32 Å². The van der Waals surface area contributed by atoms with Crippen LogP contribution in [0.2, 0.25) is 0 Å². The van der Waals surface area contributed by atoms with Crippen molar-refractivity contribution >= 4 is 5.91 Å². The smallest absolute Gasteiger partial charge is 0.249 e. The molecule has 1 aliphatic heterocycles. The van der Waals surface area contributed by atoms with Crippen LogP contribution in [-0.4, -0.2) is 36.9 Å². The highest BCUT2D eigenvalue weighted by atomic mass is 16.5. The first kappa shape index (κ1) is 13.5. The van der Waals surface area contributed by atoms with Gasteiger partial charge in [0.2, 0.25) is 5.91 Å². The van der Waals surface area contributed by atoms with Crippen LogP contribution in [0.15, 0.2) is 0 Å². The van der Waals surface area contributed by atoms with Crippen molar-refractivity contribution in [3.05, 3.63) is 0 Å². The van der Waals surface area contributed by atoms with Gasteiger partial charge in [0.05, 0.1) is 0 Å². The van der Waals surface area contributed by atoms with E-state index in [1.165, 1.54) is 0 Å². The minimum atomic E-state index is -0.232. The molecule has 16 heavy (non-hydrogen) atoms. The van der Waals surface area contributed by atoms with E-state index in [9.17, 15) is 4.79 Å². The number of rotatable bonds is 6. The third kappa shape index (κ3) is 4.94. The summed E-state index contributed by atoms with van der Waals surface area (Å²) in [5.74, 6) is 0.346. The van der Waals surface area contributed by atoms with Crippen LogP contribution in [0.4, 0.5) is 0 Å². The highest BCUT2D eigenvalue weighted by Gasteiger charge is 2.21. The minimum absolute atomic E-state index is 0.0244. The fraction of sp³-hybridized carbons (Fsp3) is 0.917. The van der Waals surface area contributed by atoms with Crippen LogP contribution in [0.25, 0.3) is 0 Å². The van der Waals surface area contributed by atoms with Gasteiger partial charge in [0.15, 0.2) is 0 Å². The SMILES string of the molecule is CC(CO)CCCNC(=O)C1CCCCO1. The molecule has 0 saturated carbocycles. The quantitative estimate of drug-likeness (QED) is 0.670. The molecular weight excluding hydrogens is 206 g/mol. The molecule has 2 N–H and O–H groups in total. The number of carbonyl (C=O) groups excluding carboxylic acids is 1. The van der Waals surface area contributed by atoms with Gasteiger partial charge in [-0.15, -0.1) is 0 Å². The topological polar surface area (TPSA) is 58.6 Å². The van der Waals surface area contributed by atoms with Gasteiger partial charge in [-0.1, -0.05) is 6.92 Å². The van der Waals surface area contributed by atoms with Gasteiger partial charge in [0.1, 0.15) is 6.10 Å². The van der Waals surface area contributed by atoms with Crippen molar-refractivity contribution in [1.29, 1.82) is 0 Å². The lowest BCUT2D eigenvalue weighted by Gasteiger charge is -2.21. The summed E-state index contributed by atoms with van der Waals surface area (Å²) in [5.41, 5.74) is 0. The van der Waals surface area contributed by atoms with Gasteiger partial charge in [-0.25, -0.2) is 0 Å². The average molecular weight is 229 g/mol. The summed E-state index contributed by atoms with van der Waals surface area (Å²) < 4.78 is 5.39. The lowest BCUT2D eigenvalue weighted by atomic mass is 10.1. The largest absolute Gasteiger partial charge is 0.396 e. The van der Waals surface area contributed by atoms with Crippen molar-refractivity contribution in [2.75, 3.05) is 19.8 Å². The number of hydrogen-bond acceptors (Lipinski definition) is 3. The molecule has 94 valence electrons. The standard InChI is InChI=1S/C12H23NO3/c1-10(9-14)5-4-7-13-12(15)11-6-2-3-8-16-11/h10-11,14H,2-9H2,1H3,(H,13,15). The van der Waals surface area contributed by atoms with E-state index in [1.54, 1.807) is 0 Å². The van der Waals surface area contributed by atoms with Gasteiger partial charge < -0.3 is 15.2 Å². The average Bonchev–Trinajstić information content (AvgIpc) is 2.35. The lowest BCUT2D eigenvalue weighted by Crippen LogP contribution is -2.38. The van der Waals surface area contributed by atoms with Crippen LogP contribution in [0.3, 0.4) is 0 Å². The molecule has 0 aromatic heterocycles. The van der Waals surface area contributed by atoms with Crippen LogP contribution in [-0.2, 0) is 9.53 Å². The van der Waals surface area contributed by atoms with E-state index in [0.29, 0.717) is 19.1 Å². The summed E-state index contributed by atoms with van der Waals surface area (Å²) in [7, 11) is 0. The first-order valence-electron chi connectivity index (χ1n) is 6.24.